The van der Waals surface area contributed by atoms with Gasteiger partial charge in [-0.25, -0.2) is 13.4 Å². The predicted octanol–water partition coefficient (Wildman–Crippen LogP) is 7.13. The van der Waals surface area contributed by atoms with Crippen molar-refractivity contribution in [3.05, 3.63) is 75.7 Å². The fourth-order valence-corrected chi connectivity index (χ4v) is 10.8. The number of hydrogen-bond acceptors (Lipinski definition) is 8. The lowest BCUT2D eigenvalue weighted by Crippen LogP contribution is -2.51. The summed E-state index contributed by atoms with van der Waals surface area (Å²) in [6, 6.07) is 12.0. The summed E-state index contributed by atoms with van der Waals surface area (Å²) in [7, 11) is -3.34. The number of rotatable bonds is 19. The number of sulfonamides is 1. The predicted molar refractivity (Wildman–Crippen MR) is 213 cm³/mol. The molecule has 3 aromatic rings. The minimum Gasteiger partial charge on any atom is -0.497 e. The quantitative estimate of drug-likeness (QED) is 0.0981. The molecule has 2 N–H and O–H groups in total. The number of carbonyl (C=O) groups excluding carboxylic acids is 2. The number of amides is 2. The largest absolute Gasteiger partial charge is 0.497 e. The average molecular weight is 772 g/mol. The maximum atomic E-state index is 13.9. The van der Waals surface area contributed by atoms with Crippen LogP contribution in [0.15, 0.2) is 58.8 Å². The van der Waals surface area contributed by atoms with Crippen molar-refractivity contribution >= 4 is 47.0 Å². The van der Waals surface area contributed by atoms with Gasteiger partial charge in [-0.05, 0) is 87.9 Å². The van der Waals surface area contributed by atoms with E-state index in [1.165, 1.54) is 23.5 Å². The molecule has 13 heteroatoms. The van der Waals surface area contributed by atoms with Gasteiger partial charge in [0.05, 0.1) is 44.0 Å². The Bertz CT molecular complexity index is 1760. The number of unbranched alkanes of at least 4 members (excludes halogenated alkanes) is 2. The maximum Gasteiger partial charge on any atom is 0.254 e. The van der Waals surface area contributed by atoms with Gasteiger partial charge in [-0.15, -0.1) is 11.3 Å². The van der Waals surface area contributed by atoms with E-state index in [-0.39, 0.29) is 41.4 Å². The topological polar surface area (TPSA) is 129 Å². The number of carbonyl (C=O) groups is 2. The number of nitrogens with one attached hydrogen (secondary N) is 1. The molecule has 0 bridgehead atoms. The molecule has 1 aliphatic heterocycles. The highest BCUT2D eigenvalue weighted by atomic mass is 32.2. The highest BCUT2D eigenvalue weighted by molar-refractivity contribution is 7.89. The molecule has 1 fully saturated rings. The van der Waals surface area contributed by atoms with Crippen LogP contribution in [0.2, 0.25) is 0 Å². The molecule has 1 saturated heterocycles. The van der Waals surface area contributed by atoms with Gasteiger partial charge in [0.1, 0.15) is 22.6 Å². The Morgan fingerprint density at radius 3 is 2.48 bits per heavy atom. The van der Waals surface area contributed by atoms with Crippen LogP contribution in [0.4, 0.5) is 0 Å². The van der Waals surface area contributed by atoms with E-state index in [0.717, 1.165) is 49.2 Å². The van der Waals surface area contributed by atoms with Crippen molar-refractivity contribution in [2.45, 2.75) is 102 Å². The van der Waals surface area contributed by atoms with E-state index in [2.05, 4.69) is 30.4 Å². The van der Waals surface area contributed by atoms with E-state index in [9.17, 15) is 23.1 Å². The standard InChI is InChI=1S/C39H55N4O6PS2/c1-8-9-10-13-29(5)50(7)25-34(36(44)24-42(23-27(2)3)52(47,48)33-19-17-32(49-6)18-20-33)41-37(45)30-14-11-15-31(22-30)39(46)43-21-12-16-35(43)38-40-28(4)26-51-38/h11,14-15,17-20,22,26-27,29,34-36,44H,7-10,12-13,16,21,23-25H2,1-6H3/p+1. The number of aryl methyl sites for hydroxylation is 1. The number of aromatic nitrogens is 1. The van der Waals surface area contributed by atoms with Gasteiger partial charge >= 0.3 is 0 Å². The summed E-state index contributed by atoms with van der Waals surface area (Å²) in [4.78, 5) is 34.3. The summed E-state index contributed by atoms with van der Waals surface area (Å²) in [5.74, 6) is -0.0823. The van der Waals surface area contributed by atoms with Gasteiger partial charge < -0.3 is 20.1 Å². The minimum atomic E-state index is -3.99. The number of likely N-dealkylation sites (tertiary alicyclic amines) is 1. The first kappa shape index (κ1) is 41.6. The summed E-state index contributed by atoms with van der Waals surface area (Å²) >= 11 is 1.56. The molecule has 10 nitrogen and oxygen atoms in total. The fourth-order valence-electron chi connectivity index (χ4n) is 6.48. The Kier molecular flexibility index (Phi) is 15.4. The maximum absolute atomic E-state index is 13.9. The lowest BCUT2D eigenvalue weighted by atomic mass is 10.1. The first-order valence-electron chi connectivity index (χ1n) is 18.3. The summed E-state index contributed by atoms with van der Waals surface area (Å²) in [5, 5.41) is 17.8. The van der Waals surface area contributed by atoms with Gasteiger partial charge in [-0.1, -0.05) is 39.7 Å². The van der Waals surface area contributed by atoms with E-state index in [0.29, 0.717) is 29.7 Å². The highest BCUT2D eigenvalue weighted by Crippen LogP contribution is 2.35. The Balaban J connectivity index is 1.58. The number of ether oxygens (including phenoxy) is 1. The lowest BCUT2D eigenvalue weighted by Gasteiger charge is -2.30. The summed E-state index contributed by atoms with van der Waals surface area (Å²) in [5.41, 5.74) is 1.92. The second-order valence-corrected chi connectivity index (χ2v) is 19.5. The van der Waals surface area contributed by atoms with Crippen LogP contribution in [0, 0.1) is 12.8 Å². The Morgan fingerprint density at radius 1 is 1.13 bits per heavy atom. The van der Waals surface area contributed by atoms with Crippen molar-refractivity contribution < 1.29 is 27.9 Å². The molecule has 284 valence electrons. The van der Waals surface area contributed by atoms with Crippen LogP contribution in [0.1, 0.15) is 104 Å². The number of aliphatic hydroxyl groups is 1. The van der Waals surface area contributed by atoms with Crippen molar-refractivity contribution in [2.24, 2.45) is 5.92 Å². The van der Waals surface area contributed by atoms with Gasteiger partial charge in [-0.3, -0.25) is 9.59 Å². The van der Waals surface area contributed by atoms with E-state index in [4.69, 9.17) is 4.74 Å². The Hall–Kier alpha value is -3.15. The molecular formula is C39H56N4O6PS2+. The zero-order valence-electron chi connectivity index (χ0n) is 31.5. The molecule has 4 rings (SSSR count). The van der Waals surface area contributed by atoms with Crippen molar-refractivity contribution in [1.29, 1.82) is 0 Å². The van der Waals surface area contributed by atoms with Crippen molar-refractivity contribution in [3.63, 3.8) is 0 Å². The summed E-state index contributed by atoms with van der Waals surface area (Å²) in [6.07, 6.45) is 9.69. The fraction of sp³-hybridized carbons (Fsp3) is 0.538. The number of hydrogen-bond donors (Lipinski definition) is 2. The molecule has 2 heterocycles. The highest BCUT2D eigenvalue weighted by Gasteiger charge is 2.36. The molecule has 2 aromatic carbocycles. The molecule has 0 radical (unpaired) electrons. The van der Waals surface area contributed by atoms with Crippen LogP contribution in [-0.4, -0.2) is 96.5 Å². The van der Waals surface area contributed by atoms with Gasteiger partial charge in [-0.2, -0.15) is 4.31 Å². The number of methoxy groups -OCH3 is 1. The van der Waals surface area contributed by atoms with Gasteiger partial charge in [0.15, 0.2) is 0 Å². The number of aliphatic hydroxyl groups excluding tert-OH is 1. The zero-order valence-corrected chi connectivity index (χ0v) is 34.0. The number of benzene rings is 2. The molecule has 0 aliphatic carbocycles. The third-order valence-corrected chi connectivity index (χ3v) is 14.8. The molecule has 0 saturated carbocycles. The van der Waals surface area contributed by atoms with Crippen LogP contribution >= 0.6 is 18.9 Å². The molecule has 1 aliphatic rings. The monoisotopic (exact) mass is 771 g/mol. The lowest BCUT2D eigenvalue weighted by molar-refractivity contribution is 0.0735. The Morgan fingerprint density at radius 2 is 1.85 bits per heavy atom. The molecule has 52 heavy (non-hydrogen) atoms. The second kappa shape index (κ2) is 19.3. The van der Waals surface area contributed by atoms with E-state index in [1.54, 1.807) is 47.7 Å². The second-order valence-electron chi connectivity index (χ2n) is 14.2. The SMILES string of the molecule is C=[P+](CC(NC(=O)c1cccc(C(=O)N2CCCC2c2nc(C)cs2)c1)C(O)CN(CC(C)C)S(=O)(=O)c1ccc(OC)cc1)C(C)CCCCC. The van der Waals surface area contributed by atoms with Crippen molar-refractivity contribution in [1.82, 2.24) is 19.5 Å². The molecular weight excluding hydrogens is 716 g/mol. The van der Waals surface area contributed by atoms with Crippen molar-refractivity contribution in [3.8, 4) is 5.75 Å². The average Bonchev–Trinajstić information content (AvgIpc) is 3.79. The van der Waals surface area contributed by atoms with E-state index >= 15 is 0 Å². The van der Waals surface area contributed by atoms with E-state index < -0.39 is 35.6 Å². The molecule has 5 atom stereocenters. The smallest absolute Gasteiger partial charge is 0.254 e. The summed E-state index contributed by atoms with van der Waals surface area (Å²) < 4.78 is 34.3. The van der Waals surface area contributed by atoms with Gasteiger partial charge in [0.2, 0.25) is 10.0 Å². The van der Waals surface area contributed by atoms with Crippen LogP contribution in [0.3, 0.4) is 0 Å². The van der Waals surface area contributed by atoms with Crippen LogP contribution in [0.25, 0.3) is 0 Å². The zero-order chi connectivity index (χ0) is 38.0. The van der Waals surface area contributed by atoms with Gasteiger partial charge in [0.25, 0.3) is 11.8 Å². The molecule has 0 spiro atoms. The van der Waals surface area contributed by atoms with Crippen LogP contribution < -0.4 is 10.1 Å². The first-order chi connectivity index (χ1) is 24.7. The van der Waals surface area contributed by atoms with Crippen LogP contribution in [0.5, 0.6) is 5.75 Å². The third-order valence-electron chi connectivity index (χ3n) is 9.52. The molecule has 5 unspecified atom stereocenters. The summed E-state index contributed by atoms with van der Waals surface area (Å²) in [6.45, 7) is 10.7. The molecule has 2 amide bonds. The normalized spacial score (nSPS) is 16.9. The Labute approximate surface area is 315 Å². The third kappa shape index (κ3) is 10.9. The number of nitrogens with zero attached hydrogens (tertiary/aromatic N) is 3. The molecule has 1 aromatic heterocycles. The van der Waals surface area contributed by atoms with Crippen molar-refractivity contribution in [2.75, 3.05) is 32.9 Å². The minimum absolute atomic E-state index is 0.0214. The first-order valence-corrected chi connectivity index (χ1v) is 22.4. The van der Waals surface area contributed by atoms with Gasteiger partial charge in [0, 0.05) is 41.8 Å². The van der Waals surface area contributed by atoms with E-state index in [1.807, 2.05) is 31.1 Å². The number of thiazole rings is 1. The van der Waals surface area contributed by atoms with Crippen LogP contribution in [-0.2, 0) is 10.0 Å².